The van der Waals surface area contributed by atoms with Crippen molar-refractivity contribution in [2.24, 2.45) is 0 Å². The van der Waals surface area contributed by atoms with Crippen LogP contribution in [-0.2, 0) is 11.4 Å². The van der Waals surface area contributed by atoms with E-state index in [0.29, 0.717) is 13.2 Å². The van der Waals surface area contributed by atoms with Gasteiger partial charge in [-0.25, -0.2) is 0 Å². The number of amides is 1. The minimum Gasteiger partial charge on any atom is -0.494 e. The van der Waals surface area contributed by atoms with E-state index in [4.69, 9.17) is 9.84 Å². The molecular formula is C13H18NO3. The minimum absolute atomic E-state index is 0.0299. The normalized spacial score (nSPS) is 10.1. The van der Waals surface area contributed by atoms with E-state index in [1.54, 1.807) is 6.07 Å². The van der Waals surface area contributed by atoms with Gasteiger partial charge in [-0.05, 0) is 42.7 Å². The maximum Gasteiger partial charge on any atom is 0.216 e. The van der Waals surface area contributed by atoms with Crippen LogP contribution in [0.5, 0.6) is 5.75 Å². The van der Waals surface area contributed by atoms with Crippen LogP contribution >= 0.6 is 0 Å². The third kappa shape index (κ3) is 5.36. The largest absolute Gasteiger partial charge is 0.494 e. The Hall–Kier alpha value is -1.55. The van der Waals surface area contributed by atoms with Gasteiger partial charge in [0.15, 0.2) is 0 Å². The minimum atomic E-state index is -0.0378. The topological polar surface area (TPSA) is 58.6 Å². The quantitative estimate of drug-likeness (QED) is 0.729. The molecule has 0 heterocycles. The highest BCUT2D eigenvalue weighted by Gasteiger charge is 1.99. The van der Waals surface area contributed by atoms with Crippen LogP contribution in [-0.4, -0.2) is 24.2 Å². The average Bonchev–Trinajstić information content (AvgIpc) is 2.27. The van der Waals surface area contributed by atoms with Crippen molar-refractivity contribution < 1.29 is 14.6 Å². The predicted octanol–water partition coefficient (Wildman–Crippen LogP) is 1.19. The Morgan fingerprint density at radius 2 is 2.29 bits per heavy atom. The average molecular weight is 236 g/mol. The van der Waals surface area contributed by atoms with Crippen molar-refractivity contribution >= 4 is 5.91 Å². The van der Waals surface area contributed by atoms with Crippen molar-refractivity contribution in [3.63, 3.8) is 0 Å². The lowest BCUT2D eigenvalue weighted by Crippen LogP contribution is -2.22. The number of carbonyl (C=O) groups excluding carboxylic acids is 1. The monoisotopic (exact) mass is 236 g/mol. The molecule has 2 N–H and O–H groups in total. The summed E-state index contributed by atoms with van der Waals surface area (Å²) >= 11 is 0. The van der Waals surface area contributed by atoms with Crippen LogP contribution in [0.1, 0.15) is 24.5 Å². The van der Waals surface area contributed by atoms with E-state index in [1.165, 1.54) is 6.92 Å². The summed E-state index contributed by atoms with van der Waals surface area (Å²) in [5.41, 5.74) is 1.66. The van der Waals surface area contributed by atoms with Crippen molar-refractivity contribution in [1.82, 2.24) is 5.32 Å². The van der Waals surface area contributed by atoms with Gasteiger partial charge in [-0.2, -0.15) is 0 Å². The molecule has 17 heavy (non-hydrogen) atoms. The molecule has 0 saturated heterocycles. The number of aryl methyl sites for hydroxylation is 1. The molecule has 0 atom stereocenters. The number of ether oxygens (including phenoxy) is 1. The summed E-state index contributed by atoms with van der Waals surface area (Å²) in [5, 5.41) is 11.7. The zero-order chi connectivity index (χ0) is 12.7. The number of benzene rings is 1. The summed E-state index contributed by atoms with van der Waals surface area (Å²) in [6.45, 7) is 4.51. The second kappa shape index (κ2) is 6.91. The molecule has 0 fully saturated rings. The Balaban J connectivity index is 2.36. The molecule has 0 aliphatic carbocycles. The number of nitrogens with one attached hydrogen (secondary N) is 1. The Kier molecular flexibility index (Phi) is 5.49. The molecule has 0 spiro atoms. The first kappa shape index (κ1) is 13.5. The first-order valence-corrected chi connectivity index (χ1v) is 5.62. The van der Waals surface area contributed by atoms with Gasteiger partial charge >= 0.3 is 0 Å². The predicted molar refractivity (Wildman–Crippen MR) is 64.7 cm³/mol. The lowest BCUT2D eigenvalue weighted by molar-refractivity contribution is -0.118. The van der Waals surface area contributed by atoms with Crippen LogP contribution in [0.2, 0.25) is 0 Å². The first-order valence-electron chi connectivity index (χ1n) is 5.62. The van der Waals surface area contributed by atoms with Gasteiger partial charge in [-0.3, -0.25) is 4.79 Å². The zero-order valence-electron chi connectivity index (χ0n) is 10.2. The molecule has 0 bridgehead atoms. The molecule has 1 radical (unpaired) electrons. The molecule has 4 nitrogen and oxygen atoms in total. The lowest BCUT2D eigenvalue weighted by Gasteiger charge is -2.08. The fourth-order valence-corrected chi connectivity index (χ4v) is 1.45. The summed E-state index contributed by atoms with van der Waals surface area (Å²) in [6, 6.07) is 6.67. The van der Waals surface area contributed by atoms with E-state index in [0.717, 1.165) is 23.3 Å². The smallest absolute Gasteiger partial charge is 0.216 e. The van der Waals surface area contributed by atoms with E-state index in [1.807, 2.05) is 13.0 Å². The van der Waals surface area contributed by atoms with Crippen molar-refractivity contribution in [2.45, 2.75) is 26.9 Å². The molecule has 1 aromatic carbocycles. The number of carbonyl (C=O) groups is 1. The Bertz CT molecular complexity index is 377. The molecular weight excluding hydrogens is 218 g/mol. The van der Waals surface area contributed by atoms with Gasteiger partial charge in [0.1, 0.15) is 5.75 Å². The highest BCUT2D eigenvalue weighted by molar-refractivity contribution is 5.72. The Labute approximate surface area is 102 Å². The number of aliphatic hydroxyl groups excluding tert-OH is 1. The van der Waals surface area contributed by atoms with E-state index in [9.17, 15) is 4.79 Å². The first-order chi connectivity index (χ1) is 8.11. The molecule has 0 aliphatic rings. The second-order valence-electron chi connectivity index (χ2n) is 3.87. The van der Waals surface area contributed by atoms with E-state index >= 15 is 0 Å². The van der Waals surface area contributed by atoms with Crippen LogP contribution in [0.25, 0.3) is 0 Å². The van der Waals surface area contributed by atoms with Crippen LogP contribution in [0.4, 0.5) is 0 Å². The highest BCUT2D eigenvalue weighted by atomic mass is 16.5. The van der Waals surface area contributed by atoms with Gasteiger partial charge in [-0.1, -0.05) is 0 Å². The summed E-state index contributed by atoms with van der Waals surface area (Å²) < 4.78 is 5.53. The van der Waals surface area contributed by atoms with Crippen molar-refractivity contribution in [1.29, 1.82) is 0 Å². The number of hydrogen-bond acceptors (Lipinski definition) is 3. The third-order valence-electron chi connectivity index (χ3n) is 2.17. The van der Waals surface area contributed by atoms with Gasteiger partial charge in [0, 0.05) is 13.5 Å². The molecule has 1 amide bonds. The summed E-state index contributed by atoms with van der Waals surface area (Å²) in [6.07, 6.45) is 0.756. The molecule has 0 aromatic heterocycles. The van der Waals surface area contributed by atoms with Crippen molar-refractivity contribution in [2.75, 3.05) is 13.2 Å². The second-order valence-corrected chi connectivity index (χ2v) is 3.87. The maximum atomic E-state index is 10.6. The van der Waals surface area contributed by atoms with E-state index < -0.39 is 0 Å². The SMILES string of the molecule is CC(=O)NCCCOc1cc(C)[c]c(CO)c1. The van der Waals surface area contributed by atoms with Crippen LogP contribution < -0.4 is 10.1 Å². The Morgan fingerprint density at radius 1 is 1.53 bits per heavy atom. The van der Waals surface area contributed by atoms with Crippen LogP contribution in [0, 0.1) is 13.0 Å². The molecule has 1 rings (SSSR count). The fourth-order valence-electron chi connectivity index (χ4n) is 1.45. The molecule has 4 heteroatoms. The van der Waals surface area contributed by atoms with Crippen molar-refractivity contribution in [3.8, 4) is 5.75 Å². The number of aliphatic hydroxyl groups is 1. The van der Waals surface area contributed by atoms with Crippen LogP contribution in [0.15, 0.2) is 12.1 Å². The van der Waals surface area contributed by atoms with Gasteiger partial charge < -0.3 is 15.2 Å². The maximum absolute atomic E-state index is 10.6. The number of hydrogen-bond donors (Lipinski definition) is 2. The lowest BCUT2D eigenvalue weighted by atomic mass is 10.1. The van der Waals surface area contributed by atoms with E-state index in [-0.39, 0.29) is 12.5 Å². The highest BCUT2D eigenvalue weighted by Crippen LogP contribution is 2.16. The standard InChI is InChI=1S/C13H18NO3/c1-10-6-12(9-15)8-13(7-10)17-5-3-4-14-11(2)16/h7-8,15H,3-5,9H2,1-2H3,(H,14,16). The van der Waals surface area contributed by atoms with Gasteiger partial charge in [0.2, 0.25) is 5.91 Å². The van der Waals surface area contributed by atoms with Crippen LogP contribution in [0.3, 0.4) is 0 Å². The molecule has 93 valence electrons. The number of rotatable bonds is 6. The Morgan fingerprint density at radius 3 is 2.94 bits per heavy atom. The zero-order valence-corrected chi connectivity index (χ0v) is 10.2. The molecule has 0 aliphatic heterocycles. The van der Waals surface area contributed by atoms with Crippen molar-refractivity contribution in [3.05, 3.63) is 29.3 Å². The van der Waals surface area contributed by atoms with E-state index in [2.05, 4.69) is 11.4 Å². The van der Waals surface area contributed by atoms with Gasteiger partial charge in [-0.15, -0.1) is 0 Å². The molecule has 1 aromatic rings. The summed E-state index contributed by atoms with van der Waals surface area (Å²) in [5.74, 6) is 0.700. The summed E-state index contributed by atoms with van der Waals surface area (Å²) in [4.78, 5) is 10.6. The fraction of sp³-hybridized carbons (Fsp3) is 0.462. The van der Waals surface area contributed by atoms with Gasteiger partial charge in [0.25, 0.3) is 0 Å². The van der Waals surface area contributed by atoms with Gasteiger partial charge in [0.05, 0.1) is 13.2 Å². The summed E-state index contributed by atoms with van der Waals surface area (Å²) in [7, 11) is 0. The molecule has 0 unspecified atom stereocenters. The molecule has 0 saturated carbocycles. The third-order valence-corrected chi connectivity index (χ3v) is 2.17.